The summed E-state index contributed by atoms with van der Waals surface area (Å²) >= 11 is 0. The molecule has 2 N–H and O–H groups in total. The lowest BCUT2D eigenvalue weighted by atomic mass is 10.2. The Kier molecular flexibility index (Phi) is 7.68. The van der Waals surface area contributed by atoms with E-state index < -0.39 is 0 Å². The van der Waals surface area contributed by atoms with E-state index in [4.69, 9.17) is 14.0 Å². The first-order valence-electron chi connectivity index (χ1n) is 10.8. The van der Waals surface area contributed by atoms with Gasteiger partial charge in [0.1, 0.15) is 12.4 Å². The van der Waals surface area contributed by atoms with Crippen LogP contribution in [0.3, 0.4) is 0 Å². The van der Waals surface area contributed by atoms with Gasteiger partial charge in [-0.3, -0.25) is 14.5 Å². The second-order valence-corrected chi connectivity index (χ2v) is 7.52. The lowest BCUT2D eigenvalue weighted by Gasteiger charge is -2.26. The van der Waals surface area contributed by atoms with Crippen molar-refractivity contribution >= 4 is 17.5 Å². The summed E-state index contributed by atoms with van der Waals surface area (Å²) in [4.78, 5) is 26.7. The maximum Gasteiger partial charge on any atom is 0.273 e. The molecular weight excluding hydrogens is 424 g/mol. The van der Waals surface area contributed by atoms with Crippen molar-refractivity contribution in [2.24, 2.45) is 0 Å². The van der Waals surface area contributed by atoms with Gasteiger partial charge in [-0.15, -0.1) is 0 Å². The van der Waals surface area contributed by atoms with Crippen LogP contribution in [0, 0.1) is 0 Å². The van der Waals surface area contributed by atoms with Gasteiger partial charge in [-0.25, -0.2) is 0 Å². The summed E-state index contributed by atoms with van der Waals surface area (Å²) in [7, 11) is 0. The maximum atomic E-state index is 12.2. The predicted molar refractivity (Wildman–Crippen MR) is 121 cm³/mol. The number of rotatable bonds is 9. The molecule has 0 aliphatic carbocycles. The van der Waals surface area contributed by atoms with Crippen molar-refractivity contribution in [3.8, 4) is 5.75 Å². The van der Waals surface area contributed by atoms with Crippen LogP contribution < -0.4 is 15.4 Å². The molecule has 0 unspecified atom stereocenters. The molecule has 1 aliphatic heterocycles. The molecule has 9 heteroatoms. The Morgan fingerprint density at radius 1 is 1.00 bits per heavy atom. The fraction of sp³-hybridized carbons (Fsp3) is 0.292. The average molecular weight is 450 g/mol. The molecule has 33 heavy (non-hydrogen) atoms. The van der Waals surface area contributed by atoms with Crippen molar-refractivity contribution in [3.05, 3.63) is 77.7 Å². The van der Waals surface area contributed by atoms with Crippen molar-refractivity contribution in [2.45, 2.75) is 6.61 Å². The molecule has 2 heterocycles. The van der Waals surface area contributed by atoms with Crippen LogP contribution >= 0.6 is 0 Å². The van der Waals surface area contributed by atoms with E-state index in [1.807, 2.05) is 18.2 Å². The third-order valence-corrected chi connectivity index (χ3v) is 5.14. The molecule has 1 aliphatic rings. The van der Waals surface area contributed by atoms with Gasteiger partial charge in [-0.2, -0.15) is 0 Å². The Hall–Kier alpha value is -3.69. The summed E-state index contributed by atoms with van der Waals surface area (Å²) in [5.41, 5.74) is 1.46. The van der Waals surface area contributed by atoms with Gasteiger partial charge in [0.25, 0.3) is 11.8 Å². The number of aromatic nitrogens is 1. The van der Waals surface area contributed by atoms with Crippen molar-refractivity contribution < 1.29 is 23.6 Å². The predicted octanol–water partition coefficient (Wildman–Crippen LogP) is 2.57. The van der Waals surface area contributed by atoms with E-state index in [1.165, 1.54) is 0 Å². The quantitative estimate of drug-likeness (QED) is 0.516. The van der Waals surface area contributed by atoms with Crippen molar-refractivity contribution in [1.82, 2.24) is 15.4 Å². The van der Waals surface area contributed by atoms with Gasteiger partial charge in [0.15, 0.2) is 11.5 Å². The molecular formula is C24H26N4O5. The molecule has 1 fully saturated rings. The third-order valence-electron chi connectivity index (χ3n) is 5.14. The fourth-order valence-corrected chi connectivity index (χ4v) is 3.31. The van der Waals surface area contributed by atoms with Crippen molar-refractivity contribution in [3.63, 3.8) is 0 Å². The summed E-state index contributed by atoms with van der Waals surface area (Å²) in [5.74, 6) is 0.578. The highest BCUT2D eigenvalue weighted by atomic mass is 16.5. The molecule has 0 saturated carbocycles. The smallest absolute Gasteiger partial charge is 0.273 e. The normalized spacial score (nSPS) is 13.9. The number of carbonyl (C=O) groups excluding carboxylic acids is 2. The summed E-state index contributed by atoms with van der Waals surface area (Å²) in [6.07, 6.45) is 0. The van der Waals surface area contributed by atoms with E-state index in [9.17, 15) is 9.59 Å². The molecule has 9 nitrogen and oxygen atoms in total. The summed E-state index contributed by atoms with van der Waals surface area (Å²) in [6, 6.07) is 17.6. The molecule has 2 aromatic carbocycles. The lowest BCUT2D eigenvalue weighted by molar-refractivity contribution is 0.0383. The van der Waals surface area contributed by atoms with Gasteiger partial charge < -0.3 is 24.6 Å². The van der Waals surface area contributed by atoms with Gasteiger partial charge in [0, 0.05) is 43.5 Å². The molecule has 4 rings (SSSR count). The Balaban J connectivity index is 1.21. The topological polar surface area (TPSA) is 106 Å². The minimum atomic E-state index is -0.281. The number of amides is 2. The van der Waals surface area contributed by atoms with Crippen molar-refractivity contribution in [2.75, 3.05) is 44.7 Å². The number of carbonyl (C=O) groups is 2. The molecule has 1 saturated heterocycles. The highest BCUT2D eigenvalue weighted by Gasteiger charge is 2.14. The number of ether oxygens (including phenoxy) is 2. The Morgan fingerprint density at radius 3 is 2.52 bits per heavy atom. The van der Waals surface area contributed by atoms with Crippen molar-refractivity contribution in [1.29, 1.82) is 0 Å². The highest BCUT2D eigenvalue weighted by molar-refractivity contribution is 6.04. The van der Waals surface area contributed by atoms with Crippen LogP contribution in [0.15, 0.2) is 65.2 Å². The molecule has 0 bridgehead atoms. The van der Waals surface area contributed by atoms with Crippen LogP contribution in [-0.2, 0) is 11.3 Å². The Bertz CT molecular complexity index is 1050. The SMILES string of the molecule is O=C(Nc1ccc(OCc2cc(C(=O)NCCN3CCOCC3)no2)cc1)c1ccccc1. The summed E-state index contributed by atoms with van der Waals surface area (Å²) < 4.78 is 16.2. The molecule has 3 aromatic rings. The van der Waals surface area contributed by atoms with Gasteiger partial charge in [0.05, 0.1) is 13.2 Å². The summed E-state index contributed by atoms with van der Waals surface area (Å²) in [6.45, 7) is 4.64. The molecule has 0 atom stereocenters. The zero-order valence-electron chi connectivity index (χ0n) is 18.2. The first-order valence-corrected chi connectivity index (χ1v) is 10.8. The standard InChI is InChI=1S/C24H26N4O5/c29-23(18-4-2-1-3-5-18)26-19-6-8-20(9-7-19)32-17-21-16-22(27-33-21)24(30)25-10-11-28-12-14-31-15-13-28/h1-9,16H,10-15,17H2,(H,25,30)(H,26,29). The van der Waals surface area contributed by atoms with E-state index in [-0.39, 0.29) is 24.1 Å². The number of nitrogens with zero attached hydrogens (tertiary/aromatic N) is 2. The van der Waals surface area contributed by atoms with E-state index >= 15 is 0 Å². The minimum absolute atomic E-state index is 0.129. The van der Waals surface area contributed by atoms with Gasteiger partial charge in [-0.1, -0.05) is 23.4 Å². The van der Waals surface area contributed by atoms with E-state index in [1.54, 1.807) is 42.5 Å². The Morgan fingerprint density at radius 2 is 1.76 bits per heavy atom. The molecule has 172 valence electrons. The van der Waals surface area contributed by atoms with Crippen LogP contribution in [-0.4, -0.2) is 61.3 Å². The van der Waals surface area contributed by atoms with Gasteiger partial charge >= 0.3 is 0 Å². The van der Waals surface area contributed by atoms with Gasteiger partial charge in [0.2, 0.25) is 0 Å². The fourth-order valence-electron chi connectivity index (χ4n) is 3.31. The summed E-state index contributed by atoms with van der Waals surface area (Å²) in [5, 5.41) is 9.50. The van der Waals surface area contributed by atoms with Crippen LogP contribution in [0.5, 0.6) is 5.75 Å². The number of hydrogen-bond donors (Lipinski definition) is 2. The van der Waals surface area contributed by atoms with Crippen LogP contribution in [0.4, 0.5) is 5.69 Å². The maximum absolute atomic E-state index is 12.2. The number of anilines is 1. The van der Waals surface area contributed by atoms with Crippen LogP contribution in [0.1, 0.15) is 26.6 Å². The second-order valence-electron chi connectivity index (χ2n) is 7.52. The monoisotopic (exact) mass is 450 g/mol. The Labute approximate surface area is 191 Å². The van der Waals surface area contributed by atoms with Gasteiger partial charge in [-0.05, 0) is 36.4 Å². The molecule has 0 spiro atoms. The first-order chi connectivity index (χ1) is 16.2. The number of nitrogens with one attached hydrogen (secondary N) is 2. The number of morpholine rings is 1. The zero-order valence-corrected chi connectivity index (χ0v) is 18.2. The largest absolute Gasteiger partial charge is 0.486 e. The lowest BCUT2D eigenvalue weighted by Crippen LogP contribution is -2.41. The van der Waals surface area contributed by atoms with E-state index in [0.29, 0.717) is 29.3 Å². The molecule has 1 aromatic heterocycles. The zero-order chi connectivity index (χ0) is 22.9. The minimum Gasteiger partial charge on any atom is -0.486 e. The third kappa shape index (κ3) is 6.64. The molecule has 0 radical (unpaired) electrons. The van der Waals surface area contributed by atoms with Crippen LogP contribution in [0.2, 0.25) is 0 Å². The second kappa shape index (κ2) is 11.3. The highest BCUT2D eigenvalue weighted by Crippen LogP contribution is 2.18. The average Bonchev–Trinajstić information content (AvgIpc) is 3.34. The first kappa shape index (κ1) is 22.5. The van der Waals surface area contributed by atoms with E-state index in [0.717, 1.165) is 32.8 Å². The molecule has 2 amide bonds. The number of benzene rings is 2. The van der Waals surface area contributed by atoms with E-state index in [2.05, 4.69) is 20.7 Å². The number of hydrogen-bond acceptors (Lipinski definition) is 7. The van der Waals surface area contributed by atoms with Crippen LogP contribution in [0.25, 0.3) is 0 Å².